The van der Waals surface area contributed by atoms with Gasteiger partial charge in [-0.1, -0.05) is 30.3 Å². The summed E-state index contributed by atoms with van der Waals surface area (Å²) in [7, 11) is 0. The molecule has 0 bridgehead atoms. The lowest BCUT2D eigenvalue weighted by molar-refractivity contribution is -0.128. The average Bonchev–Trinajstić information content (AvgIpc) is 3.21. The molecule has 3 aliphatic heterocycles. The van der Waals surface area contributed by atoms with Crippen molar-refractivity contribution in [2.75, 3.05) is 58.9 Å². The highest BCUT2D eigenvalue weighted by atomic mass is 16.6. The number of hydrogen-bond acceptors (Lipinski definition) is 6. The van der Waals surface area contributed by atoms with E-state index in [9.17, 15) is 14.4 Å². The predicted octanol–water partition coefficient (Wildman–Crippen LogP) is 3.44. The number of piperidine rings is 1. The standard InChI is InChI=1S/C28H42N4O5/c1-28(2,3)37-27(35)30-11-9-22(10-12-30)19-32-20-24(17-25(32)33)18-29-13-15-31(16-14-29)26(34)36-21-23-7-5-4-6-8-23/h4-8,22,24H,9-21H2,1-3H3/t24-/m0/s1. The molecule has 3 amide bonds. The molecule has 0 saturated carbocycles. The first-order chi connectivity index (χ1) is 17.7. The Morgan fingerprint density at radius 2 is 1.51 bits per heavy atom. The molecule has 9 nitrogen and oxygen atoms in total. The van der Waals surface area contributed by atoms with Gasteiger partial charge in [-0.3, -0.25) is 9.69 Å². The number of nitrogens with zero attached hydrogens (tertiary/aromatic N) is 4. The SMILES string of the molecule is CC(C)(C)OC(=O)N1CCC(CN2C[C@H](CN3CCN(C(=O)OCc4ccccc4)CC3)CC2=O)CC1. The fourth-order valence-corrected chi connectivity index (χ4v) is 5.38. The summed E-state index contributed by atoms with van der Waals surface area (Å²) < 4.78 is 11.0. The minimum atomic E-state index is -0.483. The Balaban J connectivity index is 1.13. The van der Waals surface area contributed by atoms with Gasteiger partial charge in [-0.2, -0.15) is 0 Å². The second-order valence-corrected chi connectivity index (χ2v) is 11.6. The molecule has 0 aromatic heterocycles. The van der Waals surface area contributed by atoms with E-state index >= 15 is 0 Å². The van der Waals surface area contributed by atoms with E-state index in [1.165, 1.54) is 0 Å². The van der Waals surface area contributed by atoms with Crippen LogP contribution in [0.5, 0.6) is 0 Å². The molecule has 3 fully saturated rings. The van der Waals surface area contributed by atoms with Crippen LogP contribution in [0, 0.1) is 11.8 Å². The van der Waals surface area contributed by atoms with Crippen molar-refractivity contribution in [2.24, 2.45) is 11.8 Å². The number of piperazine rings is 1. The quantitative estimate of drug-likeness (QED) is 0.579. The van der Waals surface area contributed by atoms with Crippen molar-refractivity contribution in [3.63, 3.8) is 0 Å². The summed E-state index contributed by atoms with van der Waals surface area (Å²) >= 11 is 0. The van der Waals surface area contributed by atoms with Gasteiger partial charge in [0.15, 0.2) is 0 Å². The number of ether oxygens (including phenoxy) is 2. The number of amides is 3. The zero-order valence-electron chi connectivity index (χ0n) is 22.6. The first-order valence-electron chi connectivity index (χ1n) is 13.6. The summed E-state index contributed by atoms with van der Waals surface area (Å²) in [6, 6.07) is 9.71. The Kier molecular flexibility index (Phi) is 8.95. The summed E-state index contributed by atoms with van der Waals surface area (Å²) in [5.74, 6) is 0.987. The Hall–Kier alpha value is -2.81. The van der Waals surface area contributed by atoms with Gasteiger partial charge in [-0.15, -0.1) is 0 Å². The molecular formula is C28H42N4O5. The Labute approximate surface area is 220 Å². The van der Waals surface area contributed by atoms with Crippen molar-refractivity contribution in [1.29, 1.82) is 0 Å². The first kappa shape index (κ1) is 27.2. The molecule has 3 saturated heterocycles. The van der Waals surface area contributed by atoms with E-state index in [1.807, 2.05) is 56.0 Å². The molecule has 3 aliphatic rings. The second-order valence-electron chi connectivity index (χ2n) is 11.6. The largest absolute Gasteiger partial charge is 0.445 e. The van der Waals surface area contributed by atoms with Gasteiger partial charge in [-0.25, -0.2) is 9.59 Å². The van der Waals surface area contributed by atoms with Gasteiger partial charge in [0.25, 0.3) is 0 Å². The second kappa shape index (κ2) is 12.2. The molecule has 0 unspecified atom stereocenters. The normalized spacial score (nSPS) is 21.9. The number of likely N-dealkylation sites (tertiary alicyclic amines) is 2. The topological polar surface area (TPSA) is 82.6 Å². The minimum absolute atomic E-state index is 0.239. The summed E-state index contributed by atoms with van der Waals surface area (Å²) in [4.78, 5) is 45.4. The third-order valence-electron chi connectivity index (χ3n) is 7.39. The number of benzene rings is 1. The predicted molar refractivity (Wildman–Crippen MR) is 140 cm³/mol. The summed E-state index contributed by atoms with van der Waals surface area (Å²) in [5, 5.41) is 0. The van der Waals surface area contributed by atoms with Gasteiger partial charge in [0.05, 0.1) is 0 Å². The Morgan fingerprint density at radius 3 is 2.16 bits per heavy atom. The van der Waals surface area contributed by atoms with Crippen LogP contribution in [-0.4, -0.2) is 102 Å². The molecule has 1 aromatic rings. The molecule has 1 atom stereocenters. The van der Waals surface area contributed by atoms with Crippen LogP contribution in [0.15, 0.2) is 30.3 Å². The first-order valence-corrected chi connectivity index (χ1v) is 13.6. The third kappa shape index (κ3) is 8.09. The number of carbonyl (C=O) groups excluding carboxylic acids is 3. The molecule has 0 spiro atoms. The molecular weight excluding hydrogens is 472 g/mol. The van der Waals surface area contributed by atoms with Crippen LogP contribution in [-0.2, 0) is 20.9 Å². The highest BCUT2D eigenvalue weighted by Crippen LogP contribution is 2.25. The zero-order chi connectivity index (χ0) is 26.4. The van der Waals surface area contributed by atoms with Gasteiger partial charge < -0.3 is 24.2 Å². The van der Waals surface area contributed by atoms with E-state index in [4.69, 9.17) is 9.47 Å². The lowest BCUT2D eigenvalue weighted by Gasteiger charge is -2.36. The summed E-state index contributed by atoms with van der Waals surface area (Å²) in [5.41, 5.74) is 0.502. The van der Waals surface area contributed by atoms with Crippen molar-refractivity contribution in [2.45, 2.75) is 52.2 Å². The van der Waals surface area contributed by atoms with Crippen LogP contribution in [0.25, 0.3) is 0 Å². The molecule has 37 heavy (non-hydrogen) atoms. The van der Waals surface area contributed by atoms with Crippen LogP contribution >= 0.6 is 0 Å². The van der Waals surface area contributed by atoms with Crippen LogP contribution in [0.4, 0.5) is 9.59 Å². The van der Waals surface area contributed by atoms with Gasteiger partial charge in [-0.05, 0) is 51.0 Å². The van der Waals surface area contributed by atoms with Crippen molar-refractivity contribution in [3.8, 4) is 0 Å². The maximum absolute atomic E-state index is 12.7. The van der Waals surface area contributed by atoms with E-state index in [1.54, 1.807) is 9.80 Å². The smallest absolute Gasteiger partial charge is 0.410 e. The van der Waals surface area contributed by atoms with Crippen molar-refractivity contribution < 1.29 is 23.9 Å². The summed E-state index contributed by atoms with van der Waals surface area (Å²) in [6.45, 7) is 12.7. The fourth-order valence-electron chi connectivity index (χ4n) is 5.38. The van der Waals surface area contributed by atoms with Crippen LogP contribution < -0.4 is 0 Å². The third-order valence-corrected chi connectivity index (χ3v) is 7.39. The lowest BCUT2D eigenvalue weighted by atomic mass is 9.96. The molecule has 204 valence electrons. The van der Waals surface area contributed by atoms with Crippen molar-refractivity contribution >= 4 is 18.1 Å². The van der Waals surface area contributed by atoms with E-state index in [-0.39, 0.29) is 18.1 Å². The van der Waals surface area contributed by atoms with Crippen LogP contribution in [0.1, 0.15) is 45.6 Å². The lowest BCUT2D eigenvalue weighted by Crippen LogP contribution is -2.50. The van der Waals surface area contributed by atoms with Crippen molar-refractivity contribution in [3.05, 3.63) is 35.9 Å². The molecule has 0 aliphatic carbocycles. The maximum atomic E-state index is 12.7. The van der Waals surface area contributed by atoms with Gasteiger partial charge in [0, 0.05) is 65.3 Å². The minimum Gasteiger partial charge on any atom is -0.445 e. The average molecular weight is 515 g/mol. The van der Waals surface area contributed by atoms with Gasteiger partial charge in [0.1, 0.15) is 12.2 Å². The number of rotatable bonds is 6. The van der Waals surface area contributed by atoms with Crippen molar-refractivity contribution in [1.82, 2.24) is 19.6 Å². The fraction of sp³-hybridized carbons (Fsp3) is 0.679. The van der Waals surface area contributed by atoms with Gasteiger partial charge >= 0.3 is 12.2 Å². The summed E-state index contributed by atoms with van der Waals surface area (Å²) in [6.07, 6.45) is 1.89. The number of hydrogen-bond donors (Lipinski definition) is 0. The van der Waals surface area contributed by atoms with Crippen LogP contribution in [0.3, 0.4) is 0 Å². The number of carbonyl (C=O) groups is 3. The maximum Gasteiger partial charge on any atom is 0.410 e. The molecule has 9 heteroatoms. The highest BCUT2D eigenvalue weighted by molar-refractivity contribution is 5.78. The molecule has 0 radical (unpaired) electrons. The molecule has 1 aromatic carbocycles. The van der Waals surface area contributed by atoms with E-state index in [0.29, 0.717) is 51.0 Å². The van der Waals surface area contributed by atoms with Gasteiger partial charge in [0.2, 0.25) is 5.91 Å². The Morgan fingerprint density at radius 1 is 0.865 bits per heavy atom. The Bertz CT molecular complexity index is 918. The molecule has 4 rings (SSSR count). The van der Waals surface area contributed by atoms with E-state index < -0.39 is 5.60 Å². The monoisotopic (exact) mass is 514 g/mol. The zero-order valence-corrected chi connectivity index (χ0v) is 22.6. The van der Waals surface area contributed by atoms with E-state index in [2.05, 4.69) is 4.90 Å². The van der Waals surface area contributed by atoms with E-state index in [0.717, 1.165) is 51.1 Å². The molecule has 0 N–H and O–H groups in total. The molecule has 3 heterocycles. The van der Waals surface area contributed by atoms with Crippen LogP contribution in [0.2, 0.25) is 0 Å². The highest BCUT2D eigenvalue weighted by Gasteiger charge is 2.35.